The number of halogens is 2. The van der Waals surface area contributed by atoms with Gasteiger partial charge in [-0.1, -0.05) is 0 Å². The standard InChI is InChI=1S/C13H11BrFN3O/c14-10-2-1-9(15)6-12(10)19-7-8-3-4-18-11(5-8)13(16)17/h1-6H,7H2,(H3,16,17). The van der Waals surface area contributed by atoms with Gasteiger partial charge in [0.25, 0.3) is 0 Å². The smallest absolute Gasteiger partial charge is 0.141 e. The lowest BCUT2D eigenvalue weighted by molar-refractivity contribution is 0.302. The summed E-state index contributed by atoms with van der Waals surface area (Å²) in [5, 5.41) is 7.31. The maximum atomic E-state index is 13.1. The molecule has 19 heavy (non-hydrogen) atoms. The van der Waals surface area contributed by atoms with Gasteiger partial charge in [-0.15, -0.1) is 0 Å². The summed E-state index contributed by atoms with van der Waals surface area (Å²) in [6.07, 6.45) is 1.55. The number of nitrogens with zero attached hydrogens (tertiary/aromatic N) is 1. The fraction of sp³-hybridized carbons (Fsp3) is 0.0769. The van der Waals surface area contributed by atoms with E-state index >= 15 is 0 Å². The van der Waals surface area contributed by atoms with Crippen molar-refractivity contribution in [3.8, 4) is 5.75 Å². The summed E-state index contributed by atoms with van der Waals surface area (Å²) in [5.74, 6) is -0.0488. The van der Waals surface area contributed by atoms with Gasteiger partial charge in [0.05, 0.1) is 4.47 Å². The zero-order valence-electron chi connectivity index (χ0n) is 9.86. The second kappa shape index (κ2) is 5.79. The Morgan fingerprint density at radius 1 is 1.37 bits per heavy atom. The molecular formula is C13H11BrFN3O. The molecule has 0 aliphatic rings. The van der Waals surface area contributed by atoms with Crippen molar-refractivity contribution < 1.29 is 9.13 Å². The lowest BCUT2D eigenvalue weighted by Crippen LogP contribution is -2.13. The summed E-state index contributed by atoms with van der Waals surface area (Å²) in [6, 6.07) is 7.64. The number of benzene rings is 1. The molecule has 0 amide bonds. The lowest BCUT2D eigenvalue weighted by atomic mass is 10.2. The minimum atomic E-state index is -0.364. The Kier molecular flexibility index (Phi) is 4.11. The number of hydrogen-bond acceptors (Lipinski definition) is 3. The number of hydrogen-bond donors (Lipinski definition) is 2. The molecule has 0 saturated carbocycles. The normalized spacial score (nSPS) is 10.2. The minimum absolute atomic E-state index is 0.103. The van der Waals surface area contributed by atoms with E-state index < -0.39 is 0 Å². The maximum Gasteiger partial charge on any atom is 0.141 e. The van der Waals surface area contributed by atoms with E-state index in [4.69, 9.17) is 15.9 Å². The van der Waals surface area contributed by atoms with Crippen LogP contribution < -0.4 is 10.5 Å². The van der Waals surface area contributed by atoms with Crippen LogP contribution in [-0.2, 0) is 6.61 Å². The first kappa shape index (κ1) is 13.5. The average Bonchev–Trinajstić information content (AvgIpc) is 2.40. The molecule has 0 fully saturated rings. The number of rotatable bonds is 4. The number of nitrogens with one attached hydrogen (secondary N) is 1. The number of pyridine rings is 1. The summed E-state index contributed by atoms with van der Waals surface area (Å²) in [6.45, 7) is 0.241. The number of nitrogens with two attached hydrogens (primary N) is 1. The second-order valence-electron chi connectivity index (χ2n) is 3.83. The highest BCUT2D eigenvalue weighted by Crippen LogP contribution is 2.26. The Balaban J connectivity index is 2.12. The molecule has 0 saturated heterocycles. The molecule has 98 valence electrons. The van der Waals surface area contributed by atoms with Gasteiger partial charge in [0.2, 0.25) is 0 Å². The van der Waals surface area contributed by atoms with Crippen molar-refractivity contribution in [1.82, 2.24) is 4.98 Å². The van der Waals surface area contributed by atoms with Crippen LogP contribution in [-0.4, -0.2) is 10.8 Å². The highest BCUT2D eigenvalue weighted by molar-refractivity contribution is 9.10. The quantitative estimate of drug-likeness (QED) is 0.671. The molecule has 6 heteroatoms. The predicted molar refractivity (Wildman–Crippen MR) is 73.7 cm³/mol. The average molecular weight is 324 g/mol. The molecule has 1 aromatic carbocycles. The SMILES string of the molecule is N=C(N)c1cc(COc2cc(F)ccc2Br)ccn1. The van der Waals surface area contributed by atoms with E-state index in [9.17, 15) is 4.39 Å². The molecule has 0 radical (unpaired) electrons. The summed E-state index contributed by atoms with van der Waals surface area (Å²) < 4.78 is 19.3. The van der Waals surface area contributed by atoms with Gasteiger partial charge in [0, 0.05) is 12.3 Å². The van der Waals surface area contributed by atoms with Crippen LogP contribution in [0.15, 0.2) is 41.0 Å². The molecule has 0 aliphatic carbocycles. The zero-order chi connectivity index (χ0) is 13.8. The van der Waals surface area contributed by atoms with Gasteiger partial charge < -0.3 is 10.5 Å². The van der Waals surface area contributed by atoms with E-state index in [1.807, 2.05) is 0 Å². The van der Waals surface area contributed by atoms with E-state index in [-0.39, 0.29) is 18.3 Å². The van der Waals surface area contributed by atoms with E-state index in [1.165, 1.54) is 12.1 Å². The van der Waals surface area contributed by atoms with Crippen molar-refractivity contribution in [1.29, 1.82) is 5.41 Å². The Labute approximate surface area is 118 Å². The Hall–Kier alpha value is -1.95. The van der Waals surface area contributed by atoms with E-state index in [0.29, 0.717) is 15.9 Å². The fourth-order valence-electron chi connectivity index (χ4n) is 1.46. The molecule has 0 unspecified atom stereocenters. The first-order chi connectivity index (χ1) is 9.06. The highest BCUT2D eigenvalue weighted by atomic mass is 79.9. The zero-order valence-corrected chi connectivity index (χ0v) is 11.4. The molecule has 1 heterocycles. The van der Waals surface area contributed by atoms with Crippen molar-refractivity contribution in [3.63, 3.8) is 0 Å². The number of ether oxygens (including phenoxy) is 1. The van der Waals surface area contributed by atoms with Crippen molar-refractivity contribution in [2.45, 2.75) is 6.61 Å². The Bertz CT molecular complexity index is 619. The van der Waals surface area contributed by atoms with Gasteiger partial charge >= 0.3 is 0 Å². The Morgan fingerprint density at radius 2 is 2.16 bits per heavy atom. The third-order valence-electron chi connectivity index (χ3n) is 2.39. The number of nitrogen functional groups attached to an aromatic ring is 1. The van der Waals surface area contributed by atoms with Crippen molar-refractivity contribution in [3.05, 3.63) is 58.1 Å². The minimum Gasteiger partial charge on any atom is -0.488 e. The van der Waals surface area contributed by atoms with Gasteiger partial charge in [0.15, 0.2) is 0 Å². The summed E-state index contributed by atoms with van der Waals surface area (Å²) in [5.41, 5.74) is 6.55. The van der Waals surface area contributed by atoms with E-state index in [0.717, 1.165) is 5.56 Å². The van der Waals surface area contributed by atoms with Crippen LogP contribution in [0.5, 0.6) is 5.75 Å². The van der Waals surface area contributed by atoms with Crippen molar-refractivity contribution in [2.75, 3.05) is 0 Å². The van der Waals surface area contributed by atoms with E-state index in [1.54, 1.807) is 24.4 Å². The molecule has 2 rings (SSSR count). The predicted octanol–water partition coefficient (Wildman–Crippen LogP) is 2.85. The molecule has 0 atom stereocenters. The Morgan fingerprint density at radius 3 is 2.89 bits per heavy atom. The third-order valence-corrected chi connectivity index (χ3v) is 3.04. The molecular weight excluding hydrogens is 313 g/mol. The van der Waals surface area contributed by atoms with Crippen LogP contribution in [0.1, 0.15) is 11.3 Å². The van der Waals surface area contributed by atoms with Crippen molar-refractivity contribution in [2.24, 2.45) is 5.73 Å². The first-order valence-electron chi connectivity index (χ1n) is 5.43. The van der Waals surface area contributed by atoms with Gasteiger partial charge in [-0.25, -0.2) is 4.39 Å². The number of aromatic nitrogens is 1. The van der Waals surface area contributed by atoms with Crippen LogP contribution in [0.4, 0.5) is 4.39 Å². The molecule has 2 aromatic rings. The molecule has 3 N–H and O–H groups in total. The topological polar surface area (TPSA) is 72.0 Å². The monoisotopic (exact) mass is 323 g/mol. The highest BCUT2D eigenvalue weighted by Gasteiger charge is 2.05. The van der Waals surface area contributed by atoms with Crippen LogP contribution in [0.3, 0.4) is 0 Å². The largest absolute Gasteiger partial charge is 0.488 e. The van der Waals surface area contributed by atoms with Gasteiger partial charge in [-0.05, 0) is 45.8 Å². The second-order valence-corrected chi connectivity index (χ2v) is 4.68. The van der Waals surface area contributed by atoms with Gasteiger partial charge in [-0.2, -0.15) is 0 Å². The first-order valence-corrected chi connectivity index (χ1v) is 6.23. The van der Waals surface area contributed by atoms with Crippen LogP contribution in [0.25, 0.3) is 0 Å². The van der Waals surface area contributed by atoms with E-state index in [2.05, 4.69) is 20.9 Å². The summed E-state index contributed by atoms with van der Waals surface area (Å²) in [4.78, 5) is 3.95. The third kappa shape index (κ3) is 3.51. The van der Waals surface area contributed by atoms with Gasteiger partial charge in [-0.3, -0.25) is 10.4 Å². The molecule has 0 bridgehead atoms. The molecule has 0 spiro atoms. The van der Waals surface area contributed by atoms with Crippen molar-refractivity contribution >= 4 is 21.8 Å². The summed E-state index contributed by atoms with van der Waals surface area (Å²) >= 11 is 3.28. The maximum absolute atomic E-state index is 13.1. The summed E-state index contributed by atoms with van der Waals surface area (Å²) in [7, 11) is 0. The lowest BCUT2D eigenvalue weighted by Gasteiger charge is -2.09. The van der Waals surface area contributed by atoms with Gasteiger partial charge in [0.1, 0.15) is 29.7 Å². The number of amidine groups is 1. The molecule has 0 aliphatic heterocycles. The van der Waals surface area contributed by atoms with Crippen LogP contribution in [0.2, 0.25) is 0 Å². The molecule has 1 aromatic heterocycles. The fourth-order valence-corrected chi connectivity index (χ4v) is 1.82. The van der Waals surface area contributed by atoms with Crippen LogP contribution in [0, 0.1) is 11.2 Å². The molecule has 4 nitrogen and oxygen atoms in total. The van der Waals surface area contributed by atoms with Crippen LogP contribution >= 0.6 is 15.9 Å².